The van der Waals surface area contributed by atoms with Crippen molar-refractivity contribution in [2.24, 2.45) is 0 Å². The Morgan fingerprint density at radius 1 is 0.688 bits per heavy atom. The zero-order chi connectivity index (χ0) is 22.1. The summed E-state index contributed by atoms with van der Waals surface area (Å²) >= 11 is 0. The van der Waals surface area contributed by atoms with Crippen LogP contribution < -0.4 is 9.47 Å². The fourth-order valence-electron chi connectivity index (χ4n) is 5.20. The van der Waals surface area contributed by atoms with Crippen molar-refractivity contribution >= 4 is 22.6 Å². The van der Waals surface area contributed by atoms with Crippen molar-refractivity contribution in [2.45, 2.75) is 32.2 Å². The zero-order valence-corrected chi connectivity index (χ0v) is 18.8. The van der Waals surface area contributed by atoms with Gasteiger partial charge in [0.25, 0.3) is 0 Å². The minimum absolute atomic E-state index is 0.0797. The minimum atomic E-state index is -0.0797. The van der Waals surface area contributed by atoms with E-state index in [9.17, 15) is 0 Å². The number of hydrogen-bond acceptors (Lipinski definition) is 1. The molecule has 0 aliphatic carbocycles. The normalized spacial score (nSPS) is 13.9. The number of allylic oxidation sites excluding steroid dienone is 1. The Bertz CT molecular complexity index is 1220. The molecule has 0 unspecified atom stereocenters. The highest BCUT2D eigenvalue weighted by atomic mass is 15.1. The third-order valence-corrected chi connectivity index (χ3v) is 6.94. The van der Waals surface area contributed by atoms with E-state index in [0.29, 0.717) is 0 Å². The lowest BCUT2D eigenvalue weighted by Crippen LogP contribution is -2.59. The lowest BCUT2D eigenvalue weighted by molar-refractivity contribution is -0.741. The van der Waals surface area contributed by atoms with Crippen molar-refractivity contribution in [3.05, 3.63) is 115 Å². The number of rotatable bonds is 5. The molecule has 1 aromatic heterocycles. The first-order valence-electron chi connectivity index (χ1n) is 11.4. The van der Waals surface area contributed by atoms with Gasteiger partial charge < -0.3 is 4.90 Å². The number of anilines is 3. The first-order chi connectivity index (χ1) is 15.7. The molecule has 2 heteroatoms. The van der Waals surface area contributed by atoms with Gasteiger partial charge in [0.2, 0.25) is 5.69 Å². The molecule has 158 valence electrons. The van der Waals surface area contributed by atoms with E-state index in [1.165, 1.54) is 22.4 Å². The second-order valence-electron chi connectivity index (χ2n) is 8.41. The molecule has 0 amide bonds. The lowest BCUT2D eigenvalue weighted by atomic mass is 9.75. The van der Waals surface area contributed by atoms with Crippen LogP contribution in [-0.2, 0) is 5.54 Å². The summed E-state index contributed by atoms with van der Waals surface area (Å²) in [5, 5.41) is 0. The van der Waals surface area contributed by atoms with Gasteiger partial charge in [-0.25, -0.2) is 0 Å². The predicted octanol–water partition coefficient (Wildman–Crippen LogP) is 7.65. The van der Waals surface area contributed by atoms with Crippen LogP contribution in [-0.4, -0.2) is 0 Å². The van der Waals surface area contributed by atoms with E-state index in [-0.39, 0.29) is 5.54 Å². The standard InChI is InChI=1S/C30H29N2/c1-4-30(5-2)23(3)27-20-19-26(22-28(27)29-18-12-13-21-31(29)30)32(24-14-8-6-9-15-24)25-16-10-7-11-17-25/h6-22H,3-5H2,1-2H3/q+1. The summed E-state index contributed by atoms with van der Waals surface area (Å²) in [4.78, 5) is 2.32. The van der Waals surface area contributed by atoms with Gasteiger partial charge in [-0.15, -0.1) is 0 Å². The molecule has 0 spiro atoms. The Morgan fingerprint density at radius 3 is 1.88 bits per heavy atom. The first kappa shape index (κ1) is 20.3. The third kappa shape index (κ3) is 3.06. The highest BCUT2D eigenvalue weighted by molar-refractivity contribution is 5.87. The second-order valence-corrected chi connectivity index (χ2v) is 8.41. The lowest BCUT2D eigenvalue weighted by Gasteiger charge is -2.35. The zero-order valence-electron chi connectivity index (χ0n) is 18.8. The van der Waals surface area contributed by atoms with Gasteiger partial charge in [-0.2, -0.15) is 4.57 Å². The number of pyridine rings is 1. The maximum absolute atomic E-state index is 4.61. The quantitative estimate of drug-likeness (QED) is 0.302. The van der Waals surface area contributed by atoms with Gasteiger partial charge in [0, 0.05) is 47.6 Å². The van der Waals surface area contributed by atoms with Gasteiger partial charge in [0.15, 0.2) is 11.7 Å². The predicted molar refractivity (Wildman–Crippen MR) is 134 cm³/mol. The summed E-state index contributed by atoms with van der Waals surface area (Å²) in [7, 11) is 0. The van der Waals surface area contributed by atoms with Crippen LogP contribution in [0, 0.1) is 0 Å². The van der Waals surface area contributed by atoms with Crippen molar-refractivity contribution in [1.82, 2.24) is 0 Å². The smallest absolute Gasteiger partial charge is 0.213 e. The van der Waals surface area contributed by atoms with Crippen molar-refractivity contribution in [1.29, 1.82) is 0 Å². The fraction of sp³-hybridized carbons (Fsp3) is 0.167. The Labute approximate surface area is 191 Å². The Morgan fingerprint density at radius 2 is 1.28 bits per heavy atom. The average molecular weight is 418 g/mol. The van der Waals surface area contributed by atoms with Crippen molar-refractivity contribution in [3.8, 4) is 11.3 Å². The maximum Gasteiger partial charge on any atom is 0.213 e. The fourth-order valence-corrected chi connectivity index (χ4v) is 5.20. The van der Waals surface area contributed by atoms with E-state index >= 15 is 0 Å². The van der Waals surface area contributed by atoms with Crippen LogP contribution in [0.3, 0.4) is 0 Å². The highest BCUT2D eigenvalue weighted by Gasteiger charge is 2.46. The molecule has 1 aliphatic heterocycles. The highest BCUT2D eigenvalue weighted by Crippen LogP contribution is 2.45. The van der Waals surface area contributed by atoms with Crippen molar-refractivity contribution in [3.63, 3.8) is 0 Å². The number of benzene rings is 3. The molecule has 0 atom stereocenters. The monoisotopic (exact) mass is 417 g/mol. The summed E-state index contributed by atoms with van der Waals surface area (Å²) in [6.45, 7) is 9.14. The van der Waals surface area contributed by atoms with Gasteiger partial charge >= 0.3 is 0 Å². The number of nitrogens with zero attached hydrogens (tertiary/aromatic N) is 2. The van der Waals surface area contributed by atoms with Crippen molar-refractivity contribution < 1.29 is 4.57 Å². The molecule has 0 N–H and O–H groups in total. The Kier molecular flexibility index (Phi) is 5.14. The Balaban J connectivity index is 1.73. The summed E-state index contributed by atoms with van der Waals surface area (Å²) in [6, 6.07) is 34.5. The first-order valence-corrected chi connectivity index (χ1v) is 11.4. The number of para-hydroxylation sites is 2. The van der Waals surface area contributed by atoms with Gasteiger partial charge in [0.1, 0.15) is 0 Å². The molecular formula is C30H29N2+. The largest absolute Gasteiger partial charge is 0.310 e. The van der Waals surface area contributed by atoms with Crippen LogP contribution in [0.2, 0.25) is 0 Å². The van der Waals surface area contributed by atoms with E-state index in [2.05, 4.69) is 133 Å². The molecular weight excluding hydrogens is 388 g/mol. The molecule has 0 radical (unpaired) electrons. The van der Waals surface area contributed by atoms with Gasteiger partial charge in [-0.1, -0.05) is 62.9 Å². The van der Waals surface area contributed by atoms with Gasteiger partial charge in [0.05, 0.1) is 5.56 Å². The van der Waals surface area contributed by atoms with Crippen LogP contribution >= 0.6 is 0 Å². The van der Waals surface area contributed by atoms with Crippen LogP contribution in [0.25, 0.3) is 16.8 Å². The van der Waals surface area contributed by atoms with Crippen LogP contribution in [0.15, 0.2) is 110 Å². The molecule has 3 aromatic carbocycles. The molecule has 0 fully saturated rings. The van der Waals surface area contributed by atoms with Crippen LogP contribution in [0.5, 0.6) is 0 Å². The second kappa shape index (κ2) is 8.12. The van der Waals surface area contributed by atoms with E-state index in [0.717, 1.165) is 29.9 Å². The van der Waals surface area contributed by atoms with Crippen LogP contribution in [0.4, 0.5) is 17.1 Å². The summed E-state index contributed by atoms with van der Waals surface area (Å²) in [5.74, 6) is 0. The topological polar surface area (TPSA) is 7.12 Å². The van der Waals surface area contributed by atoms with E-state index in [4.69, 9.17) is 0 Å². The summed E-state index contributed by atoms with van der Waals surface area (Å²) < 4.78 is 2.44. The molecule has 32 heavy (non-hydrogen) atoms. The Hall–Kier alpha value is -3.65. The number of aromatic nitrogens is 1. The van der Waals surface area contributed by atoms with Gasteiger partial charge in [-0.3, -0.25) is 0 Å². The van der Waals surface area contributed by atoms with E-state index in [1.54, 1.807) is 0 Å². The van der Waals surface area contributed by atoms with Crippen LogP contribution in [0.1, 0.15) is 32.3 Å². The van der Waals surface area contributed by atoms with E-state index in [1.807, 2.05) is 0 Å². The molecule has 4 aromatic rings. The molecule has 0 bridgehead atoms. The summed E-state index contributed by atoms with van der Waals surface area (Å²) in [5.41, 5.74) is 8.30. The molecule has 2 heterocycles. The average Bonchev–Trinajstić information content (AvgIpc) is 2.86. The van der Waals surface area contributed by atoms with Crippen molar-refractivity contribution in [2.75, 3.05) is 4.90 Å². The third-order valence-electron chi connectivity index (χ3n) is 6.94. The summed E-state index contributed by atoms with van der Waals surface area (Å²) in [6.07, 6.45) is 4.26. The minimum Gasteiger partial charge on any atom is -0.310 e. The van der Waals surface area contributed by atoms with E-state index < -0.39 is 0 Å². The molecule has 5 rings (SSSR count). The molecule has 0 saturated carbocycles. The maximum atomic E-state index is 4.61. The molecule has 0 saturated heterocycles. The number of fused-ring (bicyclic) bond motifs is 3. The molecule has 1 aliphatic rings. The SMILES string of the molecule is C=C1c2ccc(N(c3ccccc3)c3ccccc3)cc2-c2cccc[n+]2C1(CC)CC. The molecule has 2 nitrogen and oxygen atoms in total. The number of hydrogen-bond donors (Lipinski definition) is 0. The van der Waals surface area contributed by atoms with Gasteiger partial charge in [-0.05, 0) is 48.0 Å².